The van der Waals surface area contributed by atoms with Crippen molar-refractivity contribution >= 4 is 17.2 Å². The van der Waals surface area contributed by atoms with Gasteiger partial charge in [-0.1, -0.05) is 26.7 Å². The van der Waals surface area contributed by atoms with E-state index >= 15 is 0 Å². The first-order valence-corrected chi connectivity index (χ1v) is 14.7. The van der Waals surface area contributed by atoms with E-state index in [2.05, 4.69) is 65.0 Å². The Labute approximate surface area is 214 Å². The summed E-state index contributed by atoms with van der Waals surface area (Å²) in [6.45, 7) is 12.0. The molecule has 4 heterocycles. The number of amides is 1. The van der Waals surface area contributed by atoms with Gasteiger partial charge in [0, 0.05) is 41.4 Å². The lowest BCUT2D eigenvalue weighted by Crippen LogP contribution is -2.45. The van der Waals surface area contributed by atoms with E-state index in [1.165, 1.54) is 54.5 Å². The first-order chi connectivity index (χ1) is 16.8. The number of carbonyl (C=O) groups is 1. The Balaban J connectivity index is 1.28. The monoisotopic (exact) mass is 497 g/mol. The molecule has 0 unspecified atom stereocenters. The average Bonchev–Trinajstić information content (AvgIpc) is 3.60. The molecule has 0 spiro atoms. The van der Waals surface area contributed by atoms with E-state index in [0.29, 0.717) is 24.0 Å². The number of rotatable bonds is 8. The van der Waals surface area contributed by atoms with E-state index < -0.39 is 0 Å². The van der Waals surface area contributed by atoms with Gasteiger partial charge in [-0.05, 0) is 82.2 Å². The lowest BCUT2D eigenvalue weighted by Gasteiger charge is -2.40. The van der Waals surface area contributed by atoms with Gasteiger partial charge in [0.15, 0.2) is 0 Å². The third-order valence-corrected chi connectivity index (χ3v) is 10.3. The zero-order valence-corrected chi connectivity index (χ0v) is 23.0. The number of hydrogen-bond donors (Lipinski definition) is 1. The Morgan fingerprint density at radius 1 is 1.06 bits per heavy atom. The van der Waals surface area contributed by atoms with Crippen LogP contribution < -0.4 is 5.32 Å². The van der Waals surface area contributed by atoms with Gasteiger partial charge >= 0.3 is 0 Å². The third kappa shape index (κ3) is 4.95. The molecule has 35 heavy (non-hydrogen) atoms. The fraction of sp³-hybridized carbons (Fsp3) is 0.750. The fourth-order valence-corrected chi connectivity index (χ4v) is 8.10. The topological polar surface area (TPSA) is 63.1 Å². The van der Waals surface area contributed by atoms with Gasteiger partial charge in [-0.25, -0.2) is 0 Å². The summed E-state index contributed by atoms with van der Waals surface area (Å²) in [5, 5.41) is 14.7. The lowest BCUT2D eigenvalue weighted by atomic mass is 9.95. The van der Waals surface area contributed by atoms with Gasteiger partial charge in [-0.15, -0.1) is 21.5 Å². The van der Waals surface area contributed by atoms with E-state index in [1.54, 1.807) is 0 Å². The minimum atomic E-state index is 0.131. The number of nitrogens with zero attached hydrogens (tertiary/aromatic N) is 4. The van der Waals surface area contributed by atoms with Crippen LogP contribution in [0.25, 0.3) is 0 Å². The van der Waals surface area contributed by atoms with Crippen molar-refractivity contribution in [2.75, 3.05) is 6.54 Å². The van der Waals surface area contributed by atoms with Crippen LogP contribution in [0, 0.1) is 26.7 Å². The number of aromatic nitrogens is 3. The quantitative estimate of drug-likeness (QED) is 0.486. The zero-order valence-electron chi connectivity index (χ0n) is 22.2. The summed E-state index contributed by atoms with van der Waals surface area (Å²) in [5.74, 6) is 3.09. The summed E-state index contributed by atoms with van der Waals surface area (Å²) in [5.41, 5.74) is 2.70. The molecular formula is C28H43N5OS. The van der Waals surface area contributed by atoms with Gasteiger partial charge < -0.3 is 9.88 Å². The second-order valence-corrected chi connectivity index (χ2v) is 12.5. The van der Waals surface area contributed by atoms with Gasteiger partial charge in [0.25, 0.3) is 0 Å². The van der Waals surface area contributed by atoms with Crippen LogP contribution in [0.5, 0.6) is 0 Å². The number of aryl methyl sites for hydroxylation is 2. The highest BCUT2D eigenvalue weighted by Crippen LogP contribution is 2.43. The molecular weight excluding hydrogens is 454 g/mol. The van der Waals surface area contributed by atoms with Gasteiger partial charge in [0.1, 0.15) is 11.6 Å². The molecule has 2 aromatic heterocycles. The highest BCUT2D eigenvalue weighted by atomic mass is 32.1. The molecule has 2 aromatic rings. The number of nitrogens with one attached hydrogen (secondary N) is 1. The second kappa shape index (κ2) is 10.3. The highest BCUT2D eigenvalue weighted by molar-refractivity contribution is 7.10. The number of piperidine rings is 1. The number of hydrogen-bond acceptors (Lipinski definition) is 5. The average molecular weight is 498 g/mol. The minimum Gasteiger partial charge on any atom is -0.348 e. The van der Waals surface area contributed by atoms with E-state index in [1.807, 2.05) is 11.3 Å². The van der Waals surface area contributed by atoms with Crippen molar-refractivity contribution in [3.8, 4) is 0 Å². The van der Waals surface area contributed by atoms with Crippen LogP contribution in [0.1, 0.15) is 117 Å². The van der Waals surface area contributed by atoms with Crippen LogP contribution >= 0.6 is 11.3 Å². The van der Waals surface area contributed by atoms with Crippen LogP contribution in [-0.2, 0) is 4.79 Å². The molecule has 1 aliphatic carbocycles. The summed E-state index contributed by atoms with van der Waals surface area (Å²) >= 11 is 1.83. The van der Waals surface area contributed by atoms with Crippen LogP contribution in [0.3, 0.4) is 0 Å². The van der Waals surface area contributed by atoms with Gasteiger partial charge in [0.05, 0.1) is 6.04 Å². The van der Waals surface area contributed by atoms with Crippen molar-refractivity contribution in [3.63, 3.8) is 0 Å². The molecule has 6 nitrogen and oxygen atoms in total. The molecule has 5 rings (SSSR count). The summed E-state index contributed by atoms with van der Waals surface area (Å²) in [6.07, 6.45) is 10.5. The number of carbonyl (C=O) groups excluding carboxylic acids is 1. The van der Waals surface area contributed by atoms with E-state index in [0.717, 1.165) is 37.5 Å². The van der Waals surface area contributed by atoms with Crippen molar-refractivity contribution in [2.24, 2.45) is 5.92 Å². The van der Waals surface area contributed by atoms with E-state index in [9.17, 15) is 4.79 Å². The van der Waals surface area contributed by atoms with Crippen LogP contribution in [0.15, 0.2) is 5.38 Å². The highest BCUT2D eigenvalue weighted by Gasteiger charge is 2.42. The Morgan fingerprint density at radius 3 is 2.34 bits per heavy atom. The van der Waals surface area contributed by atoms with Gasteiger partial charge in [-0.3, -0.25) is 9.69 Å². The minimum absolute atomic E-state index is 0.131. The molecule has 3 fully saturated rings. The molecule has 1 amide bonds. The summed E-state index contributed by atoms with van der Waals surface area (Å²) in [4.78, 5) is 17.2. The summed E-state index contributed by atoms with van der Waals surface area (Å²) in [7, 11) is 0. The maximum Gasteiger partial charge on any atom is 0.223 e. The Morgan fingerprint density at radius 2 is 1.74 bits per heavy atom. The first-order valence-electron chi connectivity index (χ1n) is 13.9. The molecule has 2 bridgehead atoms. The SMILES string of the molecule is Cc1csc([C@H](CCN2[C@H]3CC[C@H]2CC(n2c(C)nnc2C(C)C)C3)NC(=O)C2CCCC2)c1C. The first kappa shape index (κ1) is 24.9. The molecule has 2 saturated heterocycles. The fourth-order valence-electron chi connectivity index (χ4n) is 6.94. The number of fused-ring (bicyclic) bond motifs is 2. The van der Waals surface area contributed by atoms with Crippen LogP contribution in [0.4, 0.5) is 0 Å². The van der Waals surface area contributed by atoms with Crippen molar-refractivity contribution in [3.05, 3.63) is 33.0 Å². The summed E-state index contributed by atoms with van der Waals surface area (Å²) in [6, 6.07) is 1.89. The predicted octanol–water partition coefficient (Wildman–Crippen LogP) is 5.99. The molecule has 3 aliphatic rings. The van der Waals surface area contributed by atoms with Crippen molar-refractivity contribution in [2.45, 2.75) is 122 Å². The van der Waals surface area contributed by atoms with Crippen molar-refractivity contribution in [1.29, 1.82) is 0 Å². The zero-order chi connectivity index (χ0) is 24.7. The lowest BCUT2D eigenvalue weighted by molar-refractivity contribution is -0.125. The third-order valence-electron chi connectivity index (χ3n) is 8.99. The van der Waals surface area contributed by atoms with E-state index in [-0.39, 0.29) is 17.9 Å². The van der Waals surface area contributed by atoms with Gasteiger partial charge in [0.2, 0.25) is 5.91 Å². The van der Waals surface area contributed by atoms with Crippen molar-refractivity contribution < 1.29 is 4.79 Å². The molecule has 0 aromatic carbocycles. The smallest absolute Gasteiger partial charge is 0.223 e. The van der Waals surface area contributed by atoms with Gasteiger partial charge in [-0.2, -0.15) is 0 Å². The maximum atomic E-state index is 13.1. The van der Waals surface area contributed by atoms with Crippen LogP contribution in [-0.4, -0.2) is 44.2 Å². The number of thiophene rings is 1. The molecule has 1 N–H and O–H groups in total. The van der Waals surface area contributed by atoms with E-state index in [4.69, 9.17) is 0 Å². The molecule has 7 heteroatoms. The van der Waals surface area contributed by atoms with Crippen LogP contribution in [0.2, 0.25) is 0 Å². The molecule has 3 atom stereocenters. The predicted molar refractivity (Wildman–Crippen MR) is 142 cm³/mol. The Hall–Kier alpha value is -1.73. The maximum absolute atomic E-state index is 13.1. The molecule has 0 radical (unpaired) electrons. The summed E-state index contributed by atoms with van der Waals surface area (Å²) < 4.78 is 2.44. The molecule has 2 aliphatic heterocycles. The Kier molecular flexibility index (Phi) is 7.36. The standard InChI is InChI=1S/C28H43N5OS/c1-17(2)27-31-30-20(5)33(27)24-14-22-10-11-23(15-24)32(22)13-12-25(26-19(4)18(3)16-35-26)29-28(34)21-8-6-7-9-21/h16-17,21-25H,6-15H2,1-5H3,(H,29,34)/t22-,23-,25-/m0/s1. The normalized spacial score (nSPS) is 26.1. The largest absolute Gasteiger partial charge is 0.348 e. The molecule has 192 valence electrons. The Bertz CT molecular complexity index is 1020. The molecule has 1 saturated carbocycles. The van der Waals surface area contributed by atoms with Crippen molar-refractivity contribution in [1.82, 2.24) is 25.0 Å². The second-order valence-electron chi connectivity index (χ2n) is 11.6.